The number of rotatable bonds is 14. The topological polar surface area (TPSA) is 95.5 Å². The number of amides is 2. The van der Waals surface area contributed by atoms with Crippen molar-refractivity contribution >= 4 is 17.8 Å². The van der Waals surface area contributed by atoms with Crippen LogP contribution < -0.4 is 10.6 Å². The number of unbranched alkanes of at least 4 members (excludes halogenated alkanes) is 1. The van der Waals surface area contributed by atoms with Crippen molar-refractivity contribution in [3.05, 3.63) is 12.2 Å². The van der Waals surface area contributed by atoms with Crippen LogP contribution in [0.3, 0.4) is 0 Å². The van der Waals surface area contributed by atoms with Crippen molar-refractivity contribution in [3.8, 4) is 0 Å². The van der Waals surface area contributed by atoms with Crippen molar-refractivity contribution in [3.63, 3.8) is 0 Å². The normalized spacial score (nSPS) is 27.2. The second-order valence-electron chi connectivity index (χ2n) is 10.6. The monoisotopic (exact) mass is 460 g/mol. The molecule has 0 saturated heterocycles. The minimum absolute atomic E-state index is 0.00760. The van der Waals surface area contributed by atoms with Crippen molar-refractivity contribution in [1.82, 2.24) is 10.6 Å². The zero-order chi connectivity index (χ0) is 23.5. The fraction of sp³-hybridized carbons (Fsp3) is 0.815. The summed E-state index contributed by atoms with van der Waals surface area (Å²) in [6.45, 7) is 0.784. The molecule has 0 aromatic rings. The fourth-order valence-electron chi connectivity index (χ4n) is 6.55. The molecule has 0 aromatic carbocycles. The van der Waals surface area contributed by atoms with Crippen LogP contribution in [0.4, 0.5) is 0 Å². The highest BCUT2D eigenvalue weighted by molar-refractivity contribution is 5.84. The molecule has 33 heavy (non-hydrogen) atoms. The molecule has 6 heteroatoms. The van der Waals surface area contributed by atoms with Gasteiger partial charge in [-0.1, -0.05) is 44.3 Å². The Morgan fingerprint density at radius 1 is 0.818 bits per heavy atom. The van der Waals surface area contributed by atoms with Crippen molar-refractivity contribution in [2.75, 3.05) is 13.1 Å². The van der Waals surface area contributed by atoms with Gasteiger partial charge in [-0.05, 0) is 81.0 Å². The second-order valence-corrected chi connectivity index (χ2v) is 10.6. The van der Waals surface area contributed by atoms with Gasteiger partial charge in [0.25, 0.3) is 0 Å². The Labute approximate surface area is 199 Å². The molecular formula is C27H44N2O4. The number of carbonyl (C=O) groups excluding carboxylic acids is 2. The van der Waals surface area contributed by atoms with E-state index in [2.05, 4.69) is 22.8 Å². The first-order chi connectivity index (χ1) is 16.0. The molecule has 0 heterocycles. The lowest BCUT2D eigenvalue weighted by Gasteiger charge is -2.30. The molecule has 3 fully saturated rings. The van der Waals surface area contributed by atoms with E-state index in [1.165, 1.54) is 51.4 Å². The van der Waals surface area contributed by atoms with Crippen LogP contribution in [0, 0.1) is 29.6 Å². The summed E-state index contributed by atoms with van der Waals surface area (Å²) in [4.78, 5) is 35.0. The molecule has 3 aliphatic rings. The lowest BCUT2D eigenvalue weighted by atomic mass is 9.77. The van der Waals surface area contributed by atoms with Gasteiger partial charge < -0.3 is 15.7 Å². The average molecular weight is 461 g/mol. The van der Waals surface area contributed by atoms with Crippen LogP contribution >= 0.6 is 0 Å². The van der Waals surface area contributed by atoms with E-state index in [1.54, 1.807) is 0 Å². The van der Waals surface area contributed by atoms with Gasteiger partial charge in [0.2, 0.25) is 11.8 Å². The van der Waals surface area contributed by atoms with Gasteiger partial charge in [-0.15, -0.1) is 0 Å². The molecule has 2 amide bonds. The van der Waals surface area contributed by atoms with Crippen LogP contribution in [-0.2, 0) is 14.4 Å². The van der Waals surface area contributed by atoms with Crippen molar-refractivity contribution in [2.24, 2.45) is 29.6 Å². The fourth-order valence-corrected chi connectivity index (χ4v) is 6.55. The van der Waals surface area contributed by atoms with Crippen LogP contribution in [0.5, 0.6) is 0 Å². The van der Waals surface area contributed by atoms with Crippen LogP contribution in [0.15, 0.2) is 12.2 Å². The molecule has 3 aliphatic carbocycles. The van der Waals surface area contributed by atoms with Gasteiger partial charge in [-0.2, -0.15) is 0 Å². The number of carboxylic acid groups (broad SMARTS) is 1. The predicted octanol–water partition coefficient (Wildman–Crippen LogP) is 4.83. The largest absolute Gasteiger partial charge is 0.481 e. The zero-order valence-corrected chi connectivity index (χ0v) is 20.2. The van der Waals surface area contributed by atoms with E-state index in [0.29, 0.717) is 37.1 Å². The first-order valence-electron chi connectivity index (χ1n) is 13.4. The number of carbonyl (C=O) groups is 3. The van der Waals surface area contributed by atoms with Crippen molar-refractivity contribution in [1.29, 1.82) is 0 Å². The summed E-state index contributed by atoms with van der Waals surface area (Å²) in [5.74, 6) is 2.55. The maximum absolute atomic E-state index is 12.3. The smallest absolute Gasteiger partial charge is 0.303 e. The Morgan fingerprint density at radius 2 is 1.58 bits per heavy atom. The van der Waals surface area contributed by atoms with Crippen molar-refractivity contribution in [2.45, 2.75) is 96.3 Å². The lowest BCUT2D eigenvalue weighted by molar-refractivity contribution is -0.137. The summed E-state index contributed by atoms with van der Waals surface area (Å²) in [6.07, 6.45) is 20.2. The summed E-state index contributed by atoms with van der Waals surface area (Å²) in [6, 6.07) is 0. The van der Waals surface area contributed by atoms with Gasteiger partial charge in [-0.25, -0.2) is 0 Å². The SMILES string of the molecule is O=C(O)CCC/C=C\C[C@@H]1[C@@H]2CC[C@@H](C2)[C@@H]1CNC(=O)CNC(=O)CCCC1CCCCC1. The summed E-state index contributed by atoms with van der Waals surface area (Å²) in [7, 11) is 0. The number of allylic oxidation sites excluding steroid dienone is 2. The maximum Gasteiger partial charge on any atom is 0.303 e. The molecule has 2 bridgehead atoms. The quantitative estimate of drug-likeness (QED) is 0.255. The van der Waals surface area contributed by atoms with Gasteiger partial charge >= 0.3 is 5.97 Å². The van der Waals surface area contributed by atoms with E-state index in [-0.39, 0.29) is 24.8 Å². The number of carboxylic acids is 1. The molecule has 0 radical (unpaired) electrons. The Morgan fingerprint density at radius 3 is 2.33 bits per heavy atom. The summed E-state index contributed by atoms with van der Waals surface area (Å²) >= 11 is 0. The molecular weight excluding hydrogens is 416 g/mol. The minimum Gasteiger partial charge on any atom is -0.481 e. The van der Waals surface area contributed by atoms with E-state index in [4.69, 9.17) is 5.11 Å². The van der Waals surface area contributed by atoms with E-state index in [9.17, 15) is 14.4 Å². The number of nitrogens with one attached hydrogen (secondary N) is 2. The third-order valence-corrected chi connectivity index (χ3v) is 8.33. The third-order valence-electron chi connectivity index (χ3n) is 8.33. The van der Waals surface area contributed by atoms with Crippen LogP contribution in [-0.4, -0.2) is 36.0 Å². The molecule has 0 aliphatic heterocycles. The molecule has 186 valence electrons. The van der Waals surface area contributed by atoms with Gasteiger partial charge in [0.15, 0.2) is 0 Å². The molecule has 3 rings (SSSR count). The number of hydrogen-bond acceptors (Lipinski definition) is 3. The summed E-state index contributed by atoms with van der Waals surface area (Å²) in [5.41, 5.74) is 0. The molecule has 4 atom stereocenters. The van der Waals surface area contributed by atoms with Crippen LogP contribution in [0.1, 0.15) is 96.3 Å². The van der Waals surface area contributed by atoms with E-state index >= 15 is 0 Å². The Hall–Kier alpha value is -1.85. The first kappa shape index (κ1) is 25.8. The third kappa shape index (κ3) is 8.78. The Kier molecular flexibility index (Phi) is 10.7. The van der Waals surface area contributed by atoms with E-state index < -0.39 is 5.97 Å². The number of hydrogen-bond donors (Lipinski definition) is 3. The molecule has 3 saturated carbocycles. The highest BCUT2D eigenvalue weighted by atomic mass is 16.4. The van der Waals surface area contributed by atoms with Gasteiger partial charge in [0.1, 0.15) is 0 Å². The number of fused-ring (bicyclic) bond motifs is 2. The first-order valence-corrected chi connectivity index (χ1v) is 13.4. The Balaban J connectivity index is 1.29. The second kappa shape index (κ2) is 13.8. The molecule has 3 N–H and O–H groups in total. The van der Waals surface area contributed by atoms with Crippen LogP contribution in [0.2, 0.25) is 0 Å². The van der Waals surface area contributed by atoms with E-state index in [0.717, 1.165) is 37.5 Å². The summed E-state index contributed by atoms with van der Waals surface area (Å²) < 4.78 is 0. The molecule has 0 spiro atoms. The van der Waals surface area contributed by atoms with E-state index in [1.807, 2.05) is 0 Å². The Bertz CT molecular complexity index is 671. The highest BCUT2D eigenvalue weighted by Gasteiger charge is 2.46. The standard InChI is InChI=1S/C27H44N2O4/c30-25(13-8-11-20-9-4-3-5-10-20)29-19-26(31)28-18-24-22-16-15-21(17-22)23(24)12-6-1-2-7-14-27(32)33/h1,6,20-24H,2-5,7-19H2,(H,28,31)(H,29,30)(H,32,33)/b6-1-/t21-,22+,23-,24+/m1/s1. The average Bonchev–Trinajstić information content (AvgIpc) is 3.41. The van der Waals surface area contributed by atoms with Gasteiger partial charge in [0, 0.05) is 19.4 Å². The highest BCUT2D eigenvalue weighted by Crippen LogP contribution is 2.53. The maximum atomic E-state index is 12.3. The molecule has 0 aromatic heterocycles. The van der Waals surface area contributed by atoms with Crippen molar-refractivity contribution < 1.29 is 19.5 Å². The summed E-state index contributed by atoms with van der Waals surface area (Å²) in [5, 5.41) is 14.6. The molecule has 0 unspecified atom stereocenters. The van der Waals surface area contributed by atoms with Crippen LogP contribution in [0.25, 0.3) is 0 Å². The zero-order valence-electron chi connectivity index (χ0n) is 20.2. The number of aliphatic carboxylic acids is 1. The van der Waals surface area contributed by atoms with Gasteiger partial charge in [0.05, 0.1) is 6.54 Å². The molecule has 6 nitrogen and oxygen atoms in total. The lowest BCUT2D eigenvalue weighted by Crippen LogP contribution is -2.41. The minimum atomic E-state index is -0.733. The van der Waals surface area contributed by atoms with Gasteiger partial charge in [-0.3, -0.25) is 14.4 Å². The predicted molar refractivity (Wildman–Crippen MR) is 130 cm³/mol.